The van der Waals surface area contributed by atoms with Gasteiger partial charge in [0.1, 0.15) is 0 Å². The van der Waals surface area contributed by atoms with Crippen LogP contribution in [0.5, 0.6) is 0 Å². The zero-order valence-electron chi connectivity index (χ0n) is 14.1. The number of benzene rings is 3. The summed E-state index contributed by atoms with van der Waals surface area (Å²) in [6, 6.07) is 19.0. The van der Waals surface area contributed by atoms with Gasteiger partial charge < -0.3 is 10.2 Å². The van der Waals surface area contributed by atoms with E-state index >= 15 is 0 Å². The van der Waals surface area contributed by atoms with E-state index in [0.717, 1.165) is 9.79 Å². The highest BCUT2D eigenvalue weighted by Crippen LogP contribution is 2.49. The zero-order valence-corrected chi connectivity index (χ0v) is 18.9. The smallest absolute Gasteiger partial charge is 0.337 e. The molecule has 28 heavy (non-hydrogen) atoms. The minimum atomic E-state index is -1.31. The van der Waals surface area contributed by atoms with E-state index in [1.54, 1.807) is 0 Å². The average molecular weight is 540 g/mol. The van der Waals surface area contributed by atoms with Crippen LogP contribution in [-0.2, 0) is 0 Å². The third kappa shape index (κ3) is 4.46. The van der Waals surface area contributed by atoms with Crippen molar-refractivity contribution in [3.63, 3.8) is 0 Å². The molecule has 0 aromatic heterocycles. The van der Waals surface area contributed by atoms with Crippen LogP contribution in [0, 0.1) is 0 Å². The van der Waals surface area contributed by atoms with E-state index in [1.165, 1.54) is 23.5 Å². The van der Waals surface area contributed by atoms with Crippen LogP contribution in [-0.4, -0.2) is 22.2 Å². The number of carbonyl (C=O) groups is 2. The first-order chi connectivity index (χ1) is 13.4. The number of aromatic carboxylic acids is 2. The molecule has 0 bridgehead atoms. The Hall–Kier alpha value is -1.74. The SMILES string of the molecule is O=C(O)c1c(Br)c(Sc2ccccc2)c(Sc2ccccc2)c(Br)c1C(=O)O. The maximum atomic E-state index is 11.8. The molecule has 0 saturated heterocycles. The lowest BCUT2D eigenvalue weighted by atomic mass is 10.1. The summed E-state index contributed by atoms with van der Waals surface area (Å²) in [6.45, 7) is 0. The lowest BCUT2D eigenvalue weighted by molar-refractivity contribution is 0.0649. The molecule has 8 heteroatoms. The van der Waals surface area contributed by atoms with Gasteiger partial charge in [0.2, 0.25) is 0 Å². The van der Waals surface area contributed by atoms with Crippen molar-refractivity contribution in [3.8, 4) is 0 Å². The van der Waals surface area contributed by atoms with E-state index in [4.69, 9.17) is 0 Å². The van der Waals surface area contributed by atoms with Crippen molar-refractivity contribution in [3.05, 3.63) is 80.7 Å². The normalized spacial score (nSPS) is 10.6. The first kappa shape index (κ1) is 21.0. The fraction of sp³-hybridized carbons (Fsp3) is 0. The molecular weight excluding hydrogens is 528 g/mol. The molecule has 0 fully saturated rings. The summed E-state index contributed by atoms with van der Waals surface area (Å²) < 4.78 is 0.487. The van der Waals surface area contributed by atoms with Crippen molar-refractivity contribution in [2.24, 2.45) is 0 Å². The molecule has 142 valence electrons. The molecule has 3 rings (SSSR count). The van der Waals surface area contributed by atoms with Gasteiger partial charge in [-0.05, 0) is 56.1 Å². The Labute approximate surface area is 186 Å². The molecular formula is C20H12Br2O4S2. The van der Waals surface area contributed by atoms with E-state index in [1.807, 2.05) is 60.7 Å². The van der Waals surface area contributed by atoms with Crippen LogP contribution < -0.4 is 0 Å². The topological polar surface area (TPSA) is 74.6 Å². The second-order valence-corrected chi connectivity index (χ2v) is 9.23. The molecule has 0 aliphatic heterocycles. The molecule has 3 aromatic rings. The van der Waals surface area contributed by atoms with Gasteiger partial charge in [0.15, 0.2) is 0 Å². The van der Waals surface area contributed by atoms with Gasteiger partial charge in [0.25, 0.3) is 0 Å². The quantitative estimate of drug-likeness (QED) is 0.354. The maximum Gasteiger partial charge on any atom is 0.337 e. The van der Waals surface area contributed by atoms with E-state index < -0.39 is 11.9 Å². The van der Waals surface area contributed by atoms with Crippen molar-refractivity contribution < 1.29 is 19.8 Å². The predicted molar refractivity (Wildman–Crippen MR) is 117 cm³/mol. The van der Waals surface area contributed by atoms with Crippen molar-refractivity contribution in [1.29, 1.82) is 0 Å². The molecule has 0 aliphatic rings. The van der Waals surface area contributed by atoms with Crippen LogP contribution >= 0.6 is 55.4 Å². The largest absolute Gasteiger partial charge is 0.478 e. The molecule has 0 saturated carbocycles. The van der Waals surface area contributed by atoms with Crippen LogP contribution in [0.15, 0.2) is 89.2 Å². The Morgan fingerprint density at radius 1 is 0.643 bits per heavy atom. The third-order valence-corrected chi connectivity index (χ3v) is 8.13. The Bertz CT molecular complexity index is 957. The van der Waals surface area contributed by atoms with E-state index in [9.17, 15) is 19.8 Å². The Balaban J connectivity index is 2.27. The van der Waals surface area contributed by atoms with Crippen LogP contribution in [0.2, 0.25) is 0 Å². The second kappa shape index (κ2) is 9.17. The average Bonchev–Trinajstić information content (AvgIpc) is 2.68. The summed E-state index contributed by atoms with van der Waals surface area (Å²) in [5.74, 6) is -2.62. The molecule has 0 radical (unpaired) electrons. The monoisotopic (exact) mass is 538 g/mol. The fourth-order valence-electron chi connectivity index (χ4n) is 2.44. The molecule has 0 aliphatic carbocycles. The highest BCUT2D eigenvalue weighted by Gasteiger charge is 2.30. The van der Waals surface area contributed by atoms with Crippen LogP contribution in [0.25, 0.3) is 0 Å². The van der Waals surface area contributed by atoms with Gasteiger partial charge in [-0.25, -0.2) is 9.59 Å². The van der Waals surface area contributed by atoms with Gasteiger partial charge in [-0.15, -0.1) is 0 Å². The van der Waals surface area contributed by atoms with Gasteiger partial charge in [-0.1, -0.05) is 59.9 Å². The fourth-order valence-corrected chi connectivity index (χ4v) is 6.40. The molecule has 0 amide bonds. The van der Waals surface area contributed by atoms with E-state index in [2.05, 4.69) is 31.9 Å². The van der Waals surface area contributed by atoms with Gasteiger partial charge >= 0.3 is 11.9 Å². The number of carboxylic acids is 2. The lowest BCUT2D eigenvalue weighted by Crippen LogP contribution is -2.12. The zero-order chi connectivity index (χ0) is 20.3. The third-order valence-electron chi connectivity index (χ3n) is 3.65. The van der Waals surface area contributed by atoms with Crippen molar-refractivity contribution >= 4 is 67.3 Å². The number of carboxylic acid groups (broad SMARTS) is 2. The molecule has 4 nitrogen and oxygen atoms in total. The van der Waals surface area contributed by atoms with Crippen LogP contribution in [0.1, 0.15) is 20.7 Å². The summed E-state index contributed by atoms with van der Waals surface area (Å²) in [7, 11) is 0. The van der Waals surface area contributed by atoms with Gasteiger partial charge in [-0.2, -0.15) is 0 Å². The van der Waals surface area contributed by atoms with Crippen molar-refractivity contribution in [1.82, 2.24) is 0 Å². The van der Waals surface area contributed by atoms with Crippen LogP contribution in [0.3, 0.4) is 0 Å². The Kier molecular flexibility index (Phi) is 6.87. The Morgan fingerprint density at radius 2 is 0.964 bits per heavy atom. The molecule has 0 unspecified atom stereocenters. The minimum Gasteiger partial charge on any atom is -0.478 e. The van der Waals surface area contributed by atoms with Crippen LogP contribution in [0.4, 0.5) is 0 Å². The summed E-state index contributed by atoms with van der Waals surface area (Å²) in [6.07, 6.45) is 0. The highest BCUT2D eigenvalue weighted by molar-refractivity contribution is 9.11. The molecule has 0 spiro atoms. The van der Waals surface area contributed by atoms with Gasteiger partial charge in [-0.3, -0.25) is 0 Å². The standard InChI is InChI=1S/C20H12Br2O4S2/c21-15-13(19(23)24)14(20(25)26)16(22)18(28-12-9-5-2-6-10-12)17(15)27-11-7-3-1-4-8-11/h1-10H,(H,23,24)(H,25,26). The first-order valence-corrected chi connectivity index (χ1v) is 11.1. The first-order valence-electron chi connectivity index (χ1n) is 7.87. The maximum absolute atomic E-state index is 11.8. The second-order valence-electron chi connectivity index (χ2n) is 5.48. The number of rotatable bonds is 6. The van der Waals surface area contributed by atoms with E-state index in [-0.39, 0.29) is 20.1 Å². The summed E-state index contributed by atoms with van der Waals surface area (Å²) in [4.78, 5) is 26.8. The minimum absolute atomic E-state index is 0.243. The summed E-state index contributed by atoms with van der Waals surface area (Å²) in [5.41, 5.74) is -0.564. The lowest BCUT2D eigenvalue weighted by Gasteiger charge is -2.18. The number of hydrogen-bond acceptors (Lipinski definition) is 4. The molecule has 0 heterocycles. The molecule has 3 aromatic carbocycles. The molecule has 0 atom stereocenters. The predicted octanol–water partition coefficient (Wildman–Crippen LogP) is 6.91. The summed E-state index contributed by atoms with van der Waals surface area (Å²) in [5, 5.41) is 19.3. The number of hydrogen-bond donors (Lipinski definition) is 2. The number of halogens is 2. The molecule has 2 N–H and O–H groups in total. The van der Waals surface area contributed by atoms with Gasteiger partial charge in [0, 0.05) is 28.5 Å². The van der Waals surface area contributed by atoms with Crippen molar-refractivity contribution in [2.75, 3.05) is 0 Å². The van der Waals surface area contributed by atoms with Crippen molar-refractivity contribution in [2.45, 2.75) is 19.6 Å². The summed E-state index contributed by atoms with van der Waals surface area (Å²) >= 11 is 9.46. The van der Waals surface area contributed by atoms with E-state index in [0.29, 0.717) is 9.79 Å². The Morgan fingerprint density at radius 3 is 1.25 bits per heavy atom. The van der Waals surface area contributed by atoms with Gasteiger partial charge in [0.05, 0.1) is 11.1 Å². The highest BCUT2D eigenvalue weighted by atomic mass is 79.9.